The zero-order valence-corrected chi connectivity index (χ0v) is 17.4. The number of phenols is 4. The van der Waals surface area contributed by atoms with E-state index >= 15 is 0 Å². The number of aromatic hydroxyl groups is 4. The lowest BCUT2D eigenvalue weighted by atomic mass is 9.68. The first-order valence-corrected chi connectivity index (χ1v) is 10.4. The van der Waals surface area contributed by atoms with E-state index in [9.17, 15) is 20.4 Å². The molecule has 5 aromatic carbocycles. The second-order valence-corrected chi connectivity index (χ2v) is 8.17. The second kappa shape index (κ2) is 7.20. The molecule has 158 valence electrons. The van der Waals surface area contributed by atoms with Crippen LogP contribution in [0.1, 0.15) is 23.6 Å². The molecule has 4 heteroatoms. The van der Waals surface area contributed by atoms with Crippen LogP contribution in [-0.4, -0.2) is 20.4 Å². The molecule has 0 amide bonds. The maximum absolute atomic E-state index is 11.4. The van der Waals surface area contributed by atoms with Gasteiger partial charge in [0.05, 0.1) is 16.5 Å². The molecule has 5 aromatic rings. The summed E-state index contributed by atoms with van der Waals surface area (Å²) >= 11 is 0. The normalized spacial score (nSPS) is 11.8. The Morgan fingerprint density at radius 2 is 0.938 bits per heavy atom. The van der Waals surface area contributed by atoms with E-state index in [0.717, 1.165) is 0 Å². The van der Waals surface area contributed by atoms with E-state index in [0.29, 0.717) is 27.1 Å². The quantitative estimate of drug-likeness (QED) is 0.262. The van der Waals surface area contributed by atoms with Crippen molar-refractivity contribution in [3.8, 4) is 23.0 Å². The number of phenolic OH excluding ortho intramolecular Hbond substituents is 4. The molecule has 4 nitrogen and oxygen atoms in total. The molecule has 0 aliphatic heterocycles. The minimum absolute atomic E-state index is 0.0982. The van der Waals surface area contributed by atoms with Crippen LogP contribution >= 0.6 is 0 Å². The molecular formula is C28H22O4. The summed E-state index contributed by atoms with van der Waals surface area (Å²) < 4.78 is 0. The molecule has 0 saturated carbocycles. The van der Waals surface area contributed by atoms with Crippen molar-refractivity contribution in [3.63, 3.8) is 0 Å². The van der Waals surface area contributed by atoms with Gasteiger partial charge in [-0.3, -0.25) is 0 Å². The van der Waals surface area contributed by atoms with Crippen LogP contribution in [0, 0.1) is 0 Å². The van der Waals surface area contributed by atoms with E-state index in [4.69, 9.17) is 0 Å². The predicted octanol–water partition coefficient (Wildman–Crippen LogP) is 6.17. The first-order chi connectivity index (χ1) is 15.4. The third-order valence-electron chi connectivity index (χ3n) is 6.35. The van der Waals surface area contributed by atoms with Gasteiger partial charge < -0.3 is 20.4 Å². The van der Waals surface area contributed by atoms with Gasteiger partial charge >= 0.3 is 0 Å². The summed E-state index contributed by atoms with van der Waals surface area (Å²) in [6.07, 6.45) is 0. The molecule has 5 rings (SSSR count). The molecule has 0 spiro atoms. The number of hydrogen-bond acceptors (Lipinski definition) is 4. The average molecular weight is 422 g/mol. The van der Waals surface area contributed by atoms with Crippen LogP contribution in [-0.2, 0) is 5.41 Å². The van der Waals surface area contributed by atoms with Crippen LogP contribution < -0.4 is 0 Å². The van der Waals surface area contributed by atoms with Crippen LogP contribution in [0.3, 0.4) is 0 Å². The Labute approximate surface area is 185 Å². The summed E-state index contributed by atoms with van der Waals surface area (Å²) in [5, 5.41) is 47.5. The van der Waals surface area contributed by atoms with Gasteiger partial charge in [-0.15, -0.1) is 0 Å². The van der Waals surface area contributed by atoms with Gasteiger partial charge in [-0.1, -0.05) is 78.9 Å². The number of benzene rings is 5. The minimum Gasteiger partial charge on any atom is -0.507 e. The fraction of sp³-hybridized carbons (Fsp3) is 0.0714. The molecule has 0 radical (unpaired) electrons. The Balaban J connectivity index is 1.95. The van der Waals surface area contributed by atoms with Crippen molar-refractivity contribution in [2.24, 2.45) is 0 Å². The Morgan fingerprint density at radius 3 is 1.41 bits per heavy atom. The molecule has 0 fully saturated rings. The second-order valence-electron chi connectivity index (χ2n) is 8.17. The zero-order chi connectivity index (χ0) is 22.5. The van der Waals surface area contributed by atoms with Gasteiger partial charge in [0.25, 0.3) is 0 Å². The number of hydrogen-bond donors (Lipinski definition) is 4. The highest BCUT2D eigenvalue weighted by atomic mass is 16.3. The lowest BCUT2D eigenvalue weighted by Gasteiger charge is -2.34. The maximum Gasteiger partial charge on any atom is 0.131 e. The molecule has 0 aromatic heterocycles. The van der Waals surface area contributed by atoms with Crippen LogP contribution in [0.4, 0.5) is 0 Å². The van der Waals surface area contributed by atoms with Gasteiger partial charge in [-0.25, -0.2) is 0 Å². The topological polar surface area (TPSA) is 80.9 Å². The standard InChI is InChI=1S/C28H22O4/c1-28(19-11-3-2-4-12-19,24-22(29)15-17-9-5-7-13-20(17)26(24)31)25-23(30)16-18-10-6-8-14-21(18)27(25)32/h2-16,29-32H,1H3. The van der Waals surface area contributed by atoms with Crippen molar-refractivity contribution in [2.45, 2.75) is 12.3 Å². The van der Waals surface area contributed by atoms with Crippen molar-refractivity contribution >= 4 is 21.5 Å². The summed E-state index contributed by atoms with van der Waals surface area (Å²) in [4.78, 5) is 0. The lowest BCUT2D eigenvalue weighted by Crippen LogP contribution is -2.26. The Morgan fingerprint density at radius 1 is 0.531 bits per heavy atom. The van der Waals surface area contributed by atoms with Gasteiger partial charge in [0.1, 0.15) is 23.0 Å². The van der Waals surface area contributed by atoms with E-state index in [1.54, 1.807) is 31.2 Å². The Bertz CT molecular complexity index is 1380. The van der Waals surface area contributed by atoms with Crippen LogP contribution in [0.25, 0.3) is 21.5 Å². The summed E-state index contributed by atoms with van der Waals surface area (Å²) in [6.45, 7) is 1.79. The van der Waals surface area contributed by atoms with E-state index in [-0.39, 0.29) is 34.1 Å². The van der Waals surface area contributed by atoms with Crippen molar-refractivity contribution in [1.29, 1.82) is 0 Å². The molecule has 0 aliphatic rings. The molecule has 0 saturated heterocycles. The van der Waals surface area contributed by atoms with Crippen molar-refractivity contribution in [1.82, 2.24) is 0 Å². The molecular weight excluding hydrogens is 400 g/mol. The van der Waals surface area contributed by atoms with E-state index in [2.05, 4.69) is 0 Å². The first kappa shape index (κ1) is 19.8. The fourth-order valence-electron chi connectivity index (χ4n) is 4.80. The number of fused-ring (bicyclic) bond motifs is 2. The van der Waals surface area contributed by atoms with Gasteiger partial charge in [0.2, 0.25) is 0 Å². The SMILES string of the molecule is CC(c1ccccc1)(c1c(O)cc2ccccc2c1O)c1c(O)cc2ccccc2c1O. The van der Waals surface area contributed by atoms with Crippen LogP contribution in [0.15, 0.2) is 91.0 Å². The molecule has 0 bridgehead atoms. The Kier molecular flexibility index (Phi) is 4.45. The van der Waals surface area contributed by atoms with Crippen LogP contribution in [0.5, 0.6) is 23.0 Å². The van der Waals surface area contributed by atoms with Gasteiger partial charge in [-0.2, -0.15) is 0 Å². The lowest BCUT2D eigenvalue weighted by molar-refractivity contribution is 0.405. The molecule has 0 unspecified atom stereocenters. The summed E-state index contributed by atoms with van der Waals surface area (Å²) in [7, 11) is 0. The van der Waals surface area contributed by atoms with E-state index in [1.165, 1.54) is 0 Å². The van der Waals surface area contributed by atoms with Crippen LogP contribution in [0.2, 0.25) is 0 Å². The van der Waals surface area contributed by atoms with E-state index in [1.807, 2.05) is 66.7 Å². The van der Waals surface area contributed by atoms with Crippen molar-refractivity contribution < 1.29 is 20.4 Å². The minimum atomic E-state index is -1.27. The monoisotopic (exact) mass is 422 g/mol. The van der Waals surface area contributed by atoms with Gasteiger partial charge in [0, 0.05) is 10.8 Å². The van der Waals surface area contributed by atoms with E-state index < -0.39 is 5.41 Å². The highest BCUT2D eigenvalue weighted by molar-refractivity contribution is 5.95. The smallest absolute Gasteiger partial charge is 0.131 e. The van der Waals surface area contributed by atoms with Crippen molar-refractivity contribution in [2.75, 3.05) is 0 Å². The third kappa shape index (κ3) is 2.77. The van der Waals surface area contributed by atoms with Gasteiger partial charge in [-0.05, 0) is 35.4 Å². The molecule has 0 atom stereocenters. The highest BCUT2D eigenvalue weighted by Crippen LogP contribution is 2.54. The third-order valence-corrected chi connectivity index (χ3v) is 6.35. The Hall–Kier alpha value is -4.18. The molecule has 4 N–H and O–H groups in total. The fourth-order valence-corrected chi connectivity index (χ4v) is 4.80. The predicted molar refractivity (Wildman–Crippen MR) is 127 cm³/mol. The largest absolute Gasteiger partial charge is 0.507 e. The average Bonchev–Trinajstić information content (AvgIpc) is 2.79. The highest BCUT2D eigenvalue weighted by Gasteiger charge is 2.41. The summed E-state index contributed by atoms with van der Waals surface area (Å²) in [5.41, 5.74) is -0.147. The summed E-state index contributed by atoms with van der Waals surface area (Å²) in [5.74, 6) is -0.447. The zero-order valence-electron chi connectivity index (χ0n) is 17.4. The summed E-state index contributed by atoms with van der Waals surface area (Å²) in [6, 6.07) is 26.9. The number of rotatable bonds is 3. The first-order valence-electron chi connectivity index (χ1n) is 10.4. The molecule has 0 aliphatic carbocycles. The van der Waals surface area contributed by atoms with Crippen molar-refractivity contribution in [3.05, 3.63) is 108 Å². The molecule has 32 heavy (non-hydrogen) atoms. The maximum atomic E-state index is 11.4. The van der Waals surface area contributed by atoms with Gasteiger partial charge in [0.15, 0.2) is 0 Å². The molecule has 0 heterocycles.